The molecule has 0 amide bonds. The topological polar surface area (TPSA) is 48.9 Å². The van der Waals surface area contributed by atoms with Crippen LogP contribution in [0.15, 0.2) is 0 Å². The molecule has 0 radical (unpaired) electrons. The number of rotatable bonds is 3. The molecule has 0 atom stereocenters. The quantitative estimate of drug-likeness (QED) is 0.839. The molecule has 1 aromatic heterocycles. The number of aromatic nitrogens is 2. The molecular formula is C14H24N2O. The molecule has 1 heterocycles. The Labute approximate surface area is 104 Å². The molecule has 3 nitrogen and oxygen atoms in total. The van der Waals surface area contributed by atoms with Crippen LogP contribution in [0.4, 0.5) is 0 Å². The van der Waals surface area contributed by atoms with Gasteiger partial charge in [-0.15, -0.1) is 0 Å². The molecule has 0 saturated heterocycles. The summed E-state index contributed by atoms with van der Waals surface area (Å²) in [4.78, 5) is 7.62. The van der Waals surface area contributed by atoms with Gasteiger partial charge in [-0.25, -0.2) is 0 Å². The molecule has 3 heteroatoms. The minimum atomic E-state index is 0.215. The van der Waals surface area contributed by atoms with Crippen LogP contribution in [0.25, 0.3) is 0 Å². The SMILES string of the molecule is CCCc1[nH]c(C2CCC(C)(C)CC2)nc1O. The number of aromatic hydroxyl groups is 1. The molecule has 0 spiro atoms. The highest BCUT2D eigenvalue weighted by molar-refractivity contribution is 5.21. The summed E-state index contributed by atoms with van der Waals surface area (Å²) >= 11 is 0. The smallest absolute Gasteiger partial charge is 0.232 e. The molecule has 1 fully saturated rings. The second kappa shape index (κ2) is 4.71. The number of nitrogens with one attached hydrogen (secondary N) is 1. The van der Waals surface area contributed by atoms with Crippen LogP contribution < -0.4 is 0 Å². The van der Waals surface area contributed by atoms with Crippen LogP contribution in [0.5, 0.6) is 5.88 Å². The zero-order valence-electron chi connectivity index (χ0n) is 11.2. The van der Waals surface area contributed by atoms with Gasteiger partial charge in [-0.1, -0.05) is 27.2 Å². The van der Waals surface area contributed by atoms with Crippen molar-refractivity contribution in [2.45, 2.75) is 65.2 Å². The van der Waals surface area contributed by atoms with Crippen LogP contribution in [0.3, 0.4) is 0 Å². The molecule has 1 aromatic rings. The van der Waals surface area contributed by atoms with Gasteiger partial charge in [-0.2, -0.15) is 4.98 Å². The summed E-state index contributed by atoms with van der Waals surface area (Å²) in [6, 6.07) is 0. The van der Waals surface area contributed by atoms with Crippen molar-refractivity contribution in [1.29, 1.82) is 0 Å². The first-order chi connectivity index (χ1) is 8.02. The number of nitrogens with zero attached hydrogens (tertiary/aromatic N) is 1. The van der Waals surface area contributed by atoms with Crippen LogP contribution in [0, 0.1) is 5.41 Å². The lowest BCUT2D eigenvalue weighted by Crippen LogP contribution is -2.20. The lowest BCUT2D eigenvalue weighted by Gasteiger charge is -2.33. The van der Waals surface area contributed by atoms with Gasteiger partial charge >= 0.3 is 0 Å². The van der Waals surface area contributed by atoms with E-state index in [0.717, 1.165) is 24.4 Å². The summed E-state index contributed by atoms with van der Waals surface area (Å²) in [5.41, 5.74) is 1.39. The number of H-pyrrole nitrogens is 1. The van der Waals surface area contributed by atoms with Crippen LogP contribution >= 0.6 is 0 Å². The van der Waals surface area contributed by atoms with Crippen LogP contribution in [0.1, 0.15) is 70.3 Å². The highest BCUT2D eigenvalue weighted by Crippen LogP contribution is 2.42. The fourth-order valence-electron chi connectivity index (χ4n) is 2.71. The van der Waals surface area contributed by atoms with E-state index < -0.39 is 0 Å². The lowest BCUT2D eigenvalue weighted by atomic mass is 9.73. The van der Waals surface area contributed by atoms with Gasteiger partial charge in [0.25, 0.3) is 0 Å². The van der Waals surface area contributed by atoms with E-state index in [0.29, 0.717) is 11.3 Å². The highest BCUT2D eigenvalue weighted by Gasteiger charge is 2.29. The predicted molar refractivity (Wildman–Crippen MR) is 69.2 cm³/mol. The minimum absolute atomic E-state index is 0.215. The number of hydrogen-bond acceptors (Lipinski definition) is 2. The second-order valence-corrected chi connectivity index (χ2v) is 6.11. The fourth-order valence-corrected chi connectivity index (χ4v) is 2.71. The maximum Gasteiger partial charge on any atom is 0.232 e. The average molecular weight is 236 g/mol. The van der Waals surface area contributed by atoms with Crippen molar-refractivity contribution < 1.29 is 5.11 Å². The van der Waals surface area contributed by atoms with Crippen molar-refractivity contribution in [3.63, 3.8) is 0 Å². The van der Waals surface area contributed by atoms with Crippen molar-refractivity contribution in [1.82, 2.24) is 9.97 Å². The Hall–Kier alpha value is -0.990. The van der Waals surface area contributed by atoms with E-state index in [1.165, 1.54) is 25.7 Å². The molecular weight excluding hydrogens is 212 g/mol. The summed E-state index contributed by atoms with van der Waals surface area (Å²) in [6.45, 7) is 6.79. The van der Waals surface area contributed by atoms with Crippen molar-refractivity contribution in [2.24, 2.45) is 5.41 Å². The number of aromatic amines is 1. The molecule has 0 aliphatic heterocycles. The van der Waals surface area contributed by atoms with Gasteiger partial charge in [0.2, 0.25) is 5.88 Å². The van der Waals surface area contributed by atoms with Crippen molar-refractivity contribution in [3.8, 4) is 5.88 Å². The first kappa shape index (κ1) is 12.5. The molecule has 0 bridgehead atoms. The van der Waals surface area contributed by atoms with Gasteiger partial charge in [0.05, 0.1) is 5.69 Å². The Bertz CT molecular complexity index is 372. The Morgan fingerprint density at radius 3 is 2.59 bits per heavy atom. The molecule has 0 unspecified atom stereocenters. The summed E-state index contributed by atoms with van der Waals surface area (Å²) in [6.07, 6.45) is 6.80. The van der Waals surface area contributed by atoms with Crippen LogP contribution in [-0.2, 0) is 6.42 Å². The van der Waals surface area contributed by atoms with Gasteiger partial charge < -0.3 is 10.1 Å². The van der Waals surface area contributed by atoms with E-state index in [9.17, 15) is 5.11 Å². The van der Waals surface area contributed by atoms with E-state index in [2.05, 4.69) is 30.7 Å². The van der Waals surface area contributed by atoms with E-state index in [-0.39, 0.29) is 5.88 Å². The third-order valence-electron chi connectivity index (χ3n) is 4.00. The van der Waals surface area contributed by atoms with Gasteiger partial charge in [-0.05, 0) is 37.5 Å². The molecule has 96 valence electrons. The van der Waals surface area contributed by atoms with Crippen molar-refractivity contribution >= 4 is 0 Å². The largest absolute Gasteiger partial charge is 0.492 e. The number of imidazole rings is 1. The third-order valence-corrected chi connectivity index (χ3v) is 4.00. The normalized spacial score (nSPS) is 20.6. The second-order valence-electron chi connectivity index (χ2n) is 6.11. The minimum Gasteiger partial charge on any atom is -0.492 e. The van der Waals surface area contributed by atoms with Gasteiger partial charge in [0.1, 0.15) is 5.82 Å². The Kier molecular flexibility index (Phi) is 3.45. The Morgan fingerprint density at radius 2 is 2.00 bits per heavy atom. The number of hydrogen-bond donors (Lipinski definition) is 2. The third kappa shape index (κ3) is 2.82. The zero-order chi connectivity index (χ0) is 12.5. The van der Waals surface area contributed by atoms with Gasteiger partial charge in [0, 0.05) is 5.92 Å². The van der Waals surface area contributed by atoms with E-state index in [1.807, 2.05) is 0 Å². The lowest BCUT2D eigenvalue weighted by molar-refractivity contribution is 0.221. The molecule has 1 saturated carbocycles. The van der Waals surface area contributed by atoms with Crippen LogP contribution in [0.2, 0.25) is 0 Å². The maximum atomic E-state index is 9.75. The van der Waals surface area contributed by atoms with E-state index in [4.69, 9.17) is 0 Å². The highest BCUT2D eigenvalue weighted by atomic mass is 16.3. The summed E-state index contributed by atoms with van der Waals surface area (Å²) in [5.74, 6) is 1.73. The first-order valence-electron chi connectivity index (χ1n) is 6.79. The van der Waals surface area contributed by atoms with Gasteiger partial charge in [-0.3, -0.25) is 0 Å². The number of aryl methyl sites for hydroxylation is 1. The van der Waals surface area contributed by atoms with Crippen molar-refractivity contribution in [3.05, 3.63) is 11.5 Å². The summed E-state index contributed by atoms with van der Waals surface area (Å²) < 4.78 is 0. The van der Waals surface area contributed by atoms with Gasteiger partial charge in [0.15, 0.2) is 0 Å². The molecule has 1 aliphatic rings. The first-order valence-corrected chi connectivity index (χ1v) is 6.79. The standard InChI is InChI=1S/C14H24N2O/c1-4-5-11-13(17)16-12(15-11)10-6-8-14(2,3)9-7-10/h10,17H,4-9H2,1-3H3,(H,15,16). The Morgan fingerprint density at radius 1 is 1.35 bits per heavy atom. The zero-order valence-corrected chi connectivity index (χ0v) is 11.2. The summed E-state index contributed by atoms with van der Waals surface area (Å²) in [7, 11) is 0. The Balaban J connectivity index is 2.06. The molecule has 0 aromatic carbocycles. The predicted octanol–water partition coefficient (Wildman–Crippen LogP) is 3.75. The molecule has 1 aliphatic carbocycles. The maximum absolute atomic E-state index is 9.75. The fraction of sp³-hybridized carbons (Fsp3) is 0.786. The van der Waals surface area contributed by atoms with Crippen LogP contribution in [-0.4, -0.2) is 15.1 Å². The monoisotopic (exact) mass is 236 g/mol. The van der Waals surface area contributed by atoms with E-state index >= 15 is 0 Å². The molecule has 2 N–H and O–H groups in total. The molecule has 17 heavy (non-hydrogen) atoms. The van der Waals surface area contributed by atoms with Crippen molar-refractivity contribution in [2.75, 3.05) is 0 Å². The average Bonchev–Trinajstić information content (AvgIpc) is 2.61. The summed E-state index contributed by atoms with van der Waals surface area (Å²) in [5, 5.41) is 9.75. The molecule has 2 rings (SSSR count). The van der Waals surface area contributed by atoms with E-state index in [1.54, 1.807) is 0 Å².